The maximum absolute atomic E-state index is 6.03. The maximum atomic E-state index is 6.03. The lowest BCUT2D eigenvalue weighted by molar-refractivity contribution is 0.284. The van der Waals surface area contributed by atoms with Gasteiger partial charge < -0.3 is 4.74 Å². The zero-order valence-electron chi connectivity index (χ0n) is 15.2. The van der Waals surface area contributed by atoms with Crippen molar-refractivity contribution in [3.05, 3.63) is 84.2 Å². The minimum atomic E-state index is -0.599. The molecule has 0 aromatic heterocycles. The van der Waals surface area contributed by atoms with Crippen LogP contribution in [0.15, 0.2) is 89.2 Å². The van der Waals surface area contributed by atoms with Crippen LogP contribution in [0.25, 0.3) is 0 Å². The van der Waals surface area contributed by atoms with Crippen LogP contribution in [0.5, 0.6) is 0 Å². The minimum Gasteiger partial charge on any atom is -0.478 e. The van der Waals surface area contributed by atoms with Gasteiger partial charge in [0.2, 0.25) is 0 Å². The highest BCUT2D eigenvalue weighted by Crippen LogP contribution is 2.49. The van der Waals surface area contributed by atoms with Crippen LogP contribution in [0, 0.1) is 11.8 Å². The van der Waals surface area contributed by atoms with Crippen LogP contribution >= 0.6 is 7.92 Å². The monoisotopic (exact) mass is 361 g/mol. The molecular weight excluding hydrogens is 337 g/mol. The fourth-order valence-electron chi connectivity index (χ4n) is 3.41. The molecule has 2 nitrogen and oxygen atoms in total. The van der Waals surface area contributed by atoms with E-state index in [1.807, 2.05) is 0 Å². The van der Waals surface area contributed by atoms with Gasteiger partial charge in [-0.3, -0.25) is 0 Å². The summed E-state index contributed by atoms with van der Waals surface area (Å²) in [5.41, 5.74) is 0. The van der Waals surface area contributed by atoms with Crippen molar-refractivity contribution >= 4 is 24.4 Å². The average molecular weight is 361 g/mol. The first kappa shape index (κ1) is 17.2. The lowest BCUT2D eigenvalue weighted by Gasteiger charge is -2.24. The second kappa shape index (κ2) is 7.60. The second-order valence-corrected chi connectivity index (χ2v) is 9.27. The SMILES string of the molecule is CC(C)[C@@H]1COC(C2C=CC=C2P(c2ccccc2)c2ccccc2)=N1. The van der Waals surface area contributed by atoms with Gasteiger partial charge >= 0.3 is 0 Å². The van der Waals surface area contributed by atoms with Crippen LogP contribution in [0.2, 0.25) is 0 Å². The standard InChI is InChI=1S/C23H24NOP/c1-17(2)21-16-25-23(24-21)20-14-9-15-22(20)26(18-10-5-3-6-11-18)19-12-7-4-8-13-19/h3-15,17,20-21H,16H2,1-2H3/t20?,21-/m0/s1. The van der Waals surface area contributed by atoms with Crippen LogP contribution in [-0.2, 0) is 4.74 Å². The molecule has 0 N–H and O–H groups in total. The van der Waals surface area contributed by atoms with E-state index in [0.29, 0.717) is 12.5 Å². The summed E-state index contributed by atoms with van der Waals surface area (Å²) >= 11 is 0. The Labute approximate surface area is 157 Å². The predicted molar refractivity (Wildman–Crippen MR) is 112 cm³/mol. The van der Waals surface area contributed by atoms with E-state index in [4.69, 9.17) is 9.73 Å². The average Bonchev–Trinajstić information content (AvgIpc) is 3.33. The highest BCUT2D eigenvalue weighted by atomic mass is 31.1. The summed E-state index contributed by atoms with van der Waals surface area (Å²) < 4.78 is 6.03. The minimum absolute atomic E-state index is 0.158. The summed E-state index contributed by atoms with van der Waals surface area (Å²) in [4.78, 5) is 4.90. The lowest BCUT2D eigenvalue weighted by Crippen LogP contribution is -2.20. The van der Waals surface area contributed by atoms with Crippen LogP contribution in [0.1, 0.15) is 13.8 Å². The molecule has 2 atom stereocenters. The highest BCUT2D eigenvalue weighted by molar-refractivity contribution is 7.76. The molecule has 1 unspecified atom stereocenters. The fourth-order valence-corrected chi connectivity index (χ4v) is 5.96. The Kier molecular flexibility index (Phi) is 5.04. The zero-order chi connectivity index (χ0) is 17.9. The van der Waals surface area contributed by atoms with Crippen molar-refractivity contribution in [2.75, 3.05) is 6.61 Å². The van der Waals surface area contributed by atoms with Crippen molar-refractivity contribution in [3.8, 4) is 0 Å². The van der Waals surface area contributed by atoms with E-state index in [1.54, 1.807) is 0 Å². The molecule has 0 saturated heterocycles. The largest absolute Gasteiger partial charge is 0.478 e. The van der Waals surface area contributed by atoms with Crippen molar-refractivity contribution in [3.63, 3.8) is 0 Å². The summed E-state index contributed by atoms with van der Waals surface area (Å²) in [6.07, 6.45) is 6.67. The van der Waals surface area contributed by atoms with Crippen molar-refractivity contribution in [2.45, 2.75) is 19.9 Å². The van der Waals surface area contributed by atoms with Gasteiger partial charge in [-0.2, -0.15) is 0 Å². The molecule has 0 spiro atoms. The predicted octanol–water partition coefficient (Wildman–Crippen LogP) is 4.64. The number of rotatable bonds is 5. The first-order valence-corrected chi connectivity index (χ1v) is 10.6. The van der Waals surface area contributed by atoms with E-state index in [-0.39, 0.29) is 12.0 Å². The molecule has 0 radical (unpaired) electrons. The number of aliphatic imine (C=N–C) groups is 1. The molecule has 132 valence electrons. The van der Waals surface area contributed by atoms with Gasteiger partial charge in [-0.25, -0.2) is 4.99 Å². The maximum Gasteiger partial charge on any atom is 0.195 e. The molecule has 2 aromatic carbocycles. The number of benzene rings is 2. The van der Waals surface area contributed by atoms with Crippen molar-refractivity contribution in [1.29, 1.82) is 0 Å². The Morgan fingerprint density at radius 2 is 1.58 bits per heavy atom. The lowest BCUT2D eigenvalue weighted by atomic mass is 10.1. The van der Waals surface area contributed by atoms with Gasteiger partial charge in [0.15, 0.2) is 5.90 Å². The van der Waals surface area contributed by atoms with Gasteiger partial charge in [-0.1, -0.05) is 92.7 Å². The zero-order valence-corrected chi connectivity index (χ0v) is 16.1. The van der Waals surface area contributed by atoms with Gasteiger partial charge in [0.1, 0.15) is 6.61 Å². The Morgan fingerprint density at radius 3 is 2.12 bits per heavy atom. The molecular formula is C23H24NOP. The summed E-state index contributed by atoms with van der Waals surface area (Å²) in [5, 5.41) is 4.14. The molecule has 1 aliphatic carbocycles. The summed E-state index contributed by atoms with van der Waals surface area (Å²) in [7, 11) is -0.599. The van der Waals surface area contributed by atoms with Gasteiger partial charge in [0.05, 0.1) is 12.0 Å². The molecule has 0 saturated carbocycles. The third-order valence-corrected chi connectivity index (χ3v) is 7.48. The fraction of sp³-hybridized carbons (Fsp3) is 0.261. The quantitative estimate of drug-likeness (QED) is 0.711. The van der Waals surface area contributed by atoms with Gasteiger partial charge in [0, 0.05) is 0 Å². The van der Waals surface area contributed by atoms with Gasteiger partial charge in [-0.05, 0) is 29.8 Å². The topological polar surface area (TPSA) is 21.6 Å². The third-order valence-electron chi connectivity index (χ3n) is 4.91. The van der Waals surface area contributed by atoms with E-state index in [2.05, 4.69) is 92.7 Å². The molecule has 0 bridgehead atoms. The van der Waals surface area contributed by atoms with E-state index in [0.717, 1.165) is 5.90 Å². The second-order valence-electron chi connectivity index (χ2n) is 7.05. The number of ether oxygens (including phenoxy) is 1. The molecule has 0 fully saturated rings. The molecule has 1 aliphatic heterocycles. The van der Waals surface area contributed by atoms with E-state index < -0.39 is 7.92 Å². The van der Waals surface area contributed by atoms with Crippen molar-refractivity contribution in [2.24, 2.45) is 16.8 Å². The molecule has 0 amide bonds. The number of nitrogens with zero attached hydrogens (tertiary/aromatic N) is 1. The van der Waals surface area contributed by atoms with Crippen molar-refractivity contribution < 1.29 is 4.74 Å². The Balaban J connectivity index is 1.71. The highest BCUT2D eigenvalue weighted by Gasteiger charge is 2.34. The first-order valence-electron chi connectivity index (χ1n) is 9.23. The van der Waals surface area contributed by atoms with Gasteiger partial charge in [0.25, 0.3) is 0 Å². The summed E-state index contributed by atoms with van der Waals surface area (Å²) in [5.74, 6) is 1.56. The number of hydrogen-bond donors (Lipinski definition) is 0. The van der Waals surface area contributed by atoms with Crippen LogP contribution in [0.3, 0.4) is 0 Å². The van der Waals surface area contributed by atoms with E-state index >= 15 is 0 Å². The smallest absolute Gasteiger partial charge is 0.195 e. The van der Waals surface area contributed by atoms with Crippen molar-refractivity contribution in [1.82, 2.24) is 0 Å². The Hall–Kier alpha value is -2.18. The van der Waals surface area contributed by atoms with Crippen LogP contribution in [-0.4, -0.2) is 18.5 Å². The number of hydrogen-bond acceptors (Lipinski definition) is 2. The van der Waals surface area contributed by atoms with Crippen LogP contribution in [0.4, 0.5) is 0 Å². The van der Waals surface area contributed by atoms with E-state index in [1.165, 1.54) is 15.9 Å². The molecule has 26 heavy (non-hydrogen) atoms. The molecule has 4 rings (SSSR count). The summed E-state index contributed by atoms with van der Waals surface area (Å²) in [6, 6.07) is 21.9. The molecule has 2 aliphatic rings. The Bertz CT molecular complexity index is 800. The normalized spacial score (nSPS) is 21.8. The molecule has 2 aromatic rings. The van der Waals surface area contributed by atoms with Crippen LogP contribution < -0.4 is 10.6 Å². The molecule has 1 heterocycles. The Morgan fingerprint density at radius 1 is 0.962 bits per heavy atom. The third kappa shape index (κ3) is 3.39. The van der Waals surface area contributed by atoms with Gasteiger partial charge in [-0.15, -0.1) is 0 Å². The van der Waals surface area contributed by atoms with E-state index in [9.17, 15) is 0 Å². The number of allylic oxidation sites excluding steroid dienone is 2. The molecule has 3 heteroatoms. The summed E-state index contributed by atoms with van der Waals surface area (Å²) in [6.45, 7) is 5.13. The first-order chi connectivity index (χ1) is 12.7.